The Labute approximate surface area is 121 Å². The summed E-state index contributed by atoms with van der Waals surface area (Å²) >= 11 is 0. The zero-order valence-corrected chi connectivity index (χ0v) is 12.5. The van der Waals surface area contributed by atoms with Crippen molar-refractivity contribution < 1.29 is 4.74 Å². The summed E-state index contributed by atoms with van der Waals surface area (Å²) < 4.78 is 5.35. The second-order valence-corrected chi connectivity index (χ2v) is 5.63. The van der Waals surface area contributed by atoms with Crippen molar-refractivity contribution in [3.05, 3.63) is 18.3 Å². The number of nitrogens with zero attached hydrogens (tertiary/aromatic N) is 2. The van der Waals surface area contributed by atoms with Gasteiger partial charge in [-0.2, -0.15) is 0 Å². The van der Waals surface area contributed by atoms with E-state index >= 15 is 0 Å². The van der Waals surface area contributed by atoms with Crippen LogP contribution in [0.4, 0.5) is 11.5 Å². The lowest BCUT2D eigenvalue weighted by atomic mass is 9.96. The van der Waals surface area contributed by atoms with Gasteiger partial charge in [-0.3, -0.25) is 0 Å². The van der Waals surface area contributed by atoms with Crippen molar-refractivity contribution in [3.8, 4) is 0 Å². The maximum absolute atomic E-state index is 5.79. The molecule has 1 atom stereocenters. The number of aromatic nitrogens is 1. The second-order valence-electron chi connectivity index (χ2n) is 5.63. The van der Waals surface area contributed by atoms with Gasteiger partial charge in [0.05, 0.1) is 25.1 Å². The number of ether oxygens (including phenoxy) is 1. The first kappa shape index (κ1) is 15.1. The Kier molecular flexibility index (Phi) is 5.61. The maximum atomic E-state index is 5.79. The molecule has 0 radical (unpaired) electrons. The minimum atomic E-state index is 0.494. The molecule has 0 aliphatic carbocycles. The Morgan fingerprint density at radius 2 is 2.10 bits per heavy atom. The Hall–Kier alpha value is -1.33. The first-order valence-corrected chi connectivity index (χ1v) is 7.43. The van der Waals surface area contributed by atoms with Gasteiger partial charge in [-0.05, 0) is 30.5 Å². The van der Waals surface area contributed by atoms with E-state index in [1.54, 1.807) is 0 Å². The van der Waals surface area contributed by atoms with Crippen molar-refractivity contribution in [2.45, 2.75) is 13.8 Å². The van der Waals surface area contributed by atoms with E-state index in [9.17, 15) is 0 Å². The van der Waals surface area contributed by atoms with E-state index in [1.807, 2.05) is 6.20 Å². The van der Waals surface area contributed by atoms with E-state index in [2.05, 4.69) is 41.2 Å². The zero-order valence-electron chi connectivity index (χ0n) is 12.5. The normalized spacial score (nSPS) is 17.3. The van der Waals surface area contributed by atoms with Crippen LogP contribution in [0.15, 0.2) is 18.3 Å². The number of morpholine rings is 1. The minimum absolute atomic E-state index is 0.494. The third-order valence-electron chi connectivity index (χ3n) is 3.90. The SMILES string of the molecule is CC(C)C(CN)CNc1ccc(N2CCOCC2)nc1. The summed E-state index contributed by atoms with van der Waals surface area (Å²) in [5, 5.41) is 3.42. The lowest BCUT2D eigenvalue weighted by Crippen LogP contribution is -2.36. The molecule has 2 rings (SSSR count). The van der Waals surface area contributed by atoms with Gasteiger partial charge >= 0.3 is 0 Å². The van der Waals surface area contributed by atoms with Gasteiger partial charge in [-0.1, -0.05) is 13.8 Å². The molecule has 0 bridgehead atoms. The Bertz CT molecular complexity index is 387. The summed E-state index contributed by atoms with van der Waals surface area (Å²) in [7, 11) is 0. The fraction of sp³-hybridized carbons (Fsp3) is 0.667. The first-order valence-electron chi connectivity index (χ1n) is 7.43. The number of hydrogen-bond donors (Lipinski definition) is 2. The number of nitrogens with one attached hydrogen (secondary N) is 1. The number of nitrogens with two attached hydrogens (primary N) is 1. The predicted octanol–water partition coefficient (Wildman–Crippen LogP) is 1.56. The first-order chi connectivity index (χ1) is 9.70. The maximum Gasteiger partial charge on any atom is 0.128 e. The largest absolute Gasteiger partial charge is 0.383 e. The zero-order chi connectivity index (χ0) is 14.4. The Morgan fingerprint density at radius 1 is 1.35 bits per heavy atom. The van der Waals surface area contributed by atoms with Crippen LogP contribution in [0.5, 0.6) is 0 Å². The summed E-state index contributed by atoms with van der Waals surface area (Å²) in [6, 6.07) is 4.16. The molecule has 0 spiro atoms. The molecule has 0 saturated carbocycles. The molecule has 1 aromatic rings. The quantitative estimate of drug-likeness (QED) is 0.827. The van der Waals surface area contributed by atoms with Gasteiger partial charge in [0.15, 0.2) is 0 Å². The summed E-state index contributed by atoms with van der Waals surface area (Å²) in [6.45, 7) is 9.43. The van der Waals surface area contributed by atoms with E-state index in [0.29, 0.717) is 18.4 Å². The van der Waals surface area contributed by atoms with Crippen LogP contribution < -0.4 is 16.0 Å². The average molecular weight is 278 g/mol. The van der Waals surface area contributed by atoms with Crippen molar-refractivity contribution in [2.75, 3.05) is 49.6 Å². The van der Waals surface area contributed by atoms with Crippen molar-refractivity contribution in [1.82, 2.24) is 4.98 Å². The third kappa shape index (κ3) is 4.08. The van der Waals surface area contributed by atoms with Gasteiger partial charge in [0.25, 0.3) is 0 Å². The summed E-state index contributed by atoms with van der Waals surface area (Å²) in [4.78, 5) is 6.78. The van der Waals surface area contributed by atoms with Crippen LogP contribution in [0.1, 0.15) is 13.8 Å². The summed E-state index contributed by atoms with van der Waals surface area (Å²) in [5.41, 5.74) is 6.84. The fourth-order valence-corrected chi connectivity index (χ4v) is 2.31. The molecule has 1 fully saturated rings. The standard InChI is InChI=1S/C15H26N4O/c1-12(2)13(9-16)10-17-14-3-4-15(18-11-14)19-5-7-20-8-6-19/h3-4,11-13,17H,5-10,16H2,1-2H3. The van der Waals surface area contributed by atoms with Gasteiger partial charge in [0, 0.05) is 19.6 Å². The lowest BCUT2D eigenvalue weighted by Gasteiger charge is -2.28. The average Bonchev–Trinajstić information content (AvgIpc) is 2.49. The summed E-state index contributed by atoms with van der Waals surface area (Å²) in [5.74, 6) is 2.11. The molecule has 20 heavy (non-hydrogen) atoms. The molecule has 1 unspecified atom stereocenters. The third-order valence-corrected chi connectivity index (χ3v) is 3.90. The van der Waals surface area contributed by atoms with Crippen LogP contribution in [-0.4, -0.2) is 44.4 Å². The van der Waals surface area contributed by atoms with Crippen LogP contribution in [0.25, 0.3) is 0 Å². The molecule has 5 heteroatoms. The van der Waals surface area contributed by atoms with Crippen molar-refractivity contribution >= 4 is 11.5 Å². The molecule has 2 heterocycles. The highest BCUT2D eigenvalue weighted by atomic mass is 16.5. The predicted molar refractivity (Wildman–Crippen MR) is 83.1 cm³/mol. The molecule has 1 saturated heterocycles. The van der Waals surface area contributed by atoms with Crippen LogP contribution in [0.3, 0.4) is 0 Å². The molecule has 1 aliphatic rings. The van der Waals surface area contributed by atoms with E-state index in [4.69, 9.17) is 10.5 Å². The number of anilines is 2. The van der Waals surface area contributed by atoms with Crippen LogP contribution in [0, 0.1) is 11.8 Å². The number of rotatable bonds is 6. The molecule has 1 aromatic heterocycles. The smallest absolute Gasteiger partial charge is 0.128 e. The molecule has 3 N–H and O–H groups in total. The highest BCUT2D eigenvalue weighted by Crippen LogP contribution is 2.16. The molecular weight excluding hydrogens is 252 g/mol. The van der Waals surface area contributed by atoms with Gasteiger partial charge in [0.2, 0.25) is 0 Å². The number of pyridine rings is 1. The fourth-order valence-electron chi connectivity index (χ4n) is 2.31. The van der Waals surface area contributed by atoms with Gasteiger partial charge in [0.1, 0.15) is 5.82 Å². The van der Waals surface area contributed by atoms with Crippen molar-refractivity contribution in [3.63, 3.8) is 0 Å². The topological polar surface area (TPSA) is 63.4 Å². The van der Waals surface area contributed by atoms with Crippen LogP contribution in [0.2, 0.25) is 0 Å². The van der Waals surface area contributed by atoms with E-state index < -0.39 is 0 Å². The highest BCUT2D eigenvalue weighted by molar-refractivity contribution is 5.48. The molecule has 0 aromatic carbocycles. The monoisotopic (exact) mass is 278 g/mol. The van der Waals surface area contributed by atoms with E-state index in [0.717, 1.165) is 44.4 Å². The van der Waals surface area contributed by atoms with Crippen LogP contribution in [-0.2, 0) is 4.74 Å². The van der Waals surface area contributed by atoms with E-state index in [-0.39, 0.29) is 0 Å². The number of hydrogen-bond acceptors (Lipinski definition) is 5. The van der Waals surface area contributed by atoms with Crippen LogP contribution >= 0.6 is 0 Å². The second kappa shape index (κ2) is 7.45. The van der Waals surface area contributed by atoms with Crippen molar-refractivity contribution in [2.24, 2.45) is 17.6 Å². The Balaban J connectivity index is 1.87. The molecular formula is C15H26N4O. The summed E-state index contributed by atoms with van der Waals surface area (Å²) in [6.07, 6.45) is 1.90. The van der Waals surface area contributed by atoms with Gasteiger partial charge in [-0.25, -0.2) is 4.98 Å². The molecule has 5 nitrogen and oxygen atoms in total. The van der Waals surface area contributed by atoms with Gasteiger partial charge in [-0.15, -0.1) is 0 Å². The Morgan fingerprint density at radius 3 is 2.65 bits per heavy atom. The van der Waals surface area contributed by atoms with Gasteiger partial charge < -0.3 is 20.7 Å². The molecule has 112 valence electrons. The lowest BCUT2D eigenvalue weighted by molar-refractivity contribution is 0.122. The van der Waals surface area contributed by atoms with E-state index in [1.165, 1.54) is 0 Å². The molecule has 1 aliphatic heterocycles. The molecule has 0 amide bonds. The highest BCUT2D eigenvalue weighted by Gasteiger charge is 2.13. The minimum Gasteiger partial charge on any atom is -0.383 e. The van der Waals surface area contributed by atoms with Crippen molar-refractivity contribution in [1.29, 1.82) is 0 Å².